The third-order valence-corrected chi connectivity index (χ3v) is 2.33. The van der Waals surface area contributed by atoms with Crippen LogP contribution in [0, 0.1) is 0 Å². The molecule has 4 heteroatoms. The van der Waals surface area contributed by atoms with Crippen molar-refractivity contribution < 1.29 is 4.52 Å². The first-order valence-corrected chi connectivity index (χ1v) is 5.88. The van der Waals surface area contributed by atoms with Gasteiger partial charge >= 0.3 is 0 Å². The molecular weight excluding hydrogens is 190 g/mol. The van der Waals surface area contributed by atoms with Gasteiger partial charge in [-0.15, -0.1) is 0 Å². The van der Waals surface area contributed by atoms with Crippen molar-refractivity contribution >= 4 is 0 Å². The monoisotopic (exact) mass is 211 g/mol. The number of aryl methyl sites for hydroxylation is 2. The average molecular weight is 211 g/mol. The topological polar surface area (TPSA) is 64.9 Å². The van der Waals surface area contributed by atoms with Crippen LogP contribution in [0.2, 0.25) is 0 Å². The maximum atomic E-state index is 5.42. The van der Waals surface area contributed by atoms with Gasteiger partial charge in [-0.05, 0) is 25.8 Å². The first-order chi connectivity index (χ1) is 7.36. The normalized spacial score (nSPS) is 10.8. The number of hydrogen-bond donors (Lipinski definition) is 1. The van der Waals surface area contributed by atoms with Crippen LogP contribution in [0.25, 0.3) is 0 Å². The molecule has 1 rings (SSSR count). The molecule has 0 unspecified atom stereocenters. The van der Waals surface area contributed by atoms with Crippen LogP contribution in [0.15, 0.2) is 4.52 Å². The van der Waals surface area contributed by atoms with Crippen LogP contribution in [-0.4, -0.2) is 16.7 Å². The number of rotatable bonds is 8. The van der Waals surface area contributed by atoms with Crippen LogP contribution in [-0.2, 0) is 12.8 Å². The molecule has 2 N–H and O–H groups in total. The molecule has 0 bridgehead atoms. The third kappa shape index (κ3) is 4.93. The van der Waals surface area contributed by atoms with Crippen molar-refractivity contribution in [2.24, 2.45) is 5.73 Å². The second kappa shape index (κ2) is 7.40. The molecule has 0 fully saturated rings. The minimum absolute atomic E-state index is 0.784. The van der Waals surface area contributed by atoms with Crippen LogP contribution in [0.3, 0.4) is 0 Å². The molecule has 0 aliphatic heterocycles. The van der Waals surface area contributed by atoms with Crippen molar-refractivity contribution in [3.63, 3.8) is 0 Å². The molecule has 1 heterocycles. The summed E-state index contributed by atoms with van der Waals surface area (Å²) >= 11 is 0. The summed E-state index contributed by atoms with van der Waals surface area (Å²) in [6.07, 6.45) is 7.52. The van der Waals surface area contributed by atoms with E-state index >= 15 is 0 Å². The maximum Gasteiger partial charge on any atom is 0.226 e. The van der Waals surface area contributed by atoms with E-state index in [1.807, 2.05) is 0 Å². The minimum atomic E-state index is 0.784. The Labute approximate surface area is 91.2 Å². The van der Waals surface area contributed by atoms with Crippen molar-refractivity contribution in [3.05, 3.63) is 11.7 Å². The van der Waals surface area contributed by atoms with Gasteiger partial charge in [-0.3, -0.25) is 0 Å². The summed E-state index contributed by atoms with van der Waals surface area (Å²) in [6.45, 7) is 2.91. The highest BCUT2D eigenvalue weighted by Gasteiger charge is 2.04. The van der Waals surface area contributed by atoms with Gasteiger partial charge in [-0.2, -0.15) is 4.98 Å². The molecule has 4 nitrogen and oxygen atoms in total. The number of hydrogen-bond acceptors (Lipinski definition) is 4. The van der Waals surface area contributed by atoms with Crippen molar-refractivity contribution in [1.82, 2.24) is 10.1 Å². The van der Waals surface area contributed by atoms with E-state index in [-0.39, 0.29) is 0 Å². The summed E-state index contributed by atoms with van der Waals surface area (Å²) < 4.78 is 5.14. The zero-order chi connectivity index (χ0) is 10.9. The average Bonchev–Trinajstić information content (AvgIpc) is 2.66. The van der Waals surface area contributed by atoms with E-state index in [4.69, 9.17) is 10.3 Å². The smallest absolute Gasteiger partial charge is 0.226 e. The van der Waals surface area contributed by atoms with Crippen molar-refractivity contribution in [2.45, 2.75) is 51.9 Å². The molecule has 0 aromatic carbocycles. The third-order valence-electron chi connectivity index (χ3n) is 2.33. The van der Waals surface area contributed by atoms with Gasteiger partial charge in [0.1, 0.15) is 0 Å². The highest BCUT2D eigenvalue weighted by atomic mass is 16.5. The fourth-order valence-electron chi connectivity index (χ4n) is 1.49. The highest BCUT2D eigenvalue weighted by molar-refractivity contribution is 4.86. The molecule has 0 aliphatic carbocycles. The Kier molecular flexibility index (Phi) is 6.00. The molecule has 0 saturated carbocycles. The summed E-state index contributed by atoms with van der Waals surface area (Å²) in [4.78, 5) is 4.32. The lowest BCUT2D eigenvalue weighted by atomic mass is 10.1. The van der Waals surface area contributed by atoms with Gasteiger partial charge in [0.05, 0.1) is 0 Å². The Morgan fingerprint density at radius 1 is 1.13 bits per heavy atom. The zero-order valence-electron chi connectivity index (χ0n) is 9.54. The lowest BCUT2D eigenvalue weighted by Gasteiger charge is -1.95. The Balaban J connectivity index is 2.14. The van der Waals surface area contributed by atoms with Gasteiger partial charge in [0.2, 0.25) is 5.89 Å². The molecule has 1 aromatic rings. The van der Waals surface area contributed by atoms with Crippen LogP contribution in [0.5, 0.6) is 0 Å². The first-order valence-electron chi connectivity index (χ1n) is 5.88. The van der Waals surface area contributed by atoms with Gasteiger partial charge in [0, 0.05) is 12.8 Å². The zero-order valence-corrected chi connectivity index (χ0v) is 9.54. The Hall–Kier alpha value is -0.900. The number of unbranched alkanes of at least 4 members (excludes halogenated alkanes) is 3. The minimum Gasteiger partial charge on any atom is -0.339 e. The number of nitrogens with zero attached hydrogens (tertiary/aromatic N) is 2. The lowest BCUT2D eigenvalue weighted by molar-refractivity contribution is 0.368. The van der Waals surface area contributed by atoms with E-state index in [2.05, 4.69) is 17.1 Å². The second-order valence-corrected chi connectivity index (χ2v) is 3.81. The number of aromatic nitrogens is 2. The summed E-state index contributed by atoms with van der Waals surface area (Å²) in [5.74, 6) is 1.63. The van der Waals surface area contributed by atoms with Gasteiger partial charge in [-0.1, -0.05) is 24.9 Å². The molecule has 0 saturated heterocycles. The van der Waals surface area contributed by atoms with Crippen LogP contribution < -0.4 is 5.73 Å². The predicted molar refractivity (Wildman–Crippen MR) is 59.5 cm³/mol. The van der Waals surface area contributed by atoms with E-state index in [1.165, 1.54) is 12.8 Å². The molecule has 15 heavy (non-hydrogen) atoms. The largest absolute Gasteiger partial charge is 0.339 e. The summed E-state index contributed by atoms with van der Waals surface area (Å²) in [5.41, 5.74) is 5.42. The van der Waals surface area contributed by atoms with Gasteiger partial charge in [-0.25, -0.2) is 0 Å². The summed E-state index contributed by atoms with van der Waals surface area (Å²) in [6, 6.07) is 0. The van der Waals surface area contributed by atoms with E-state index in [0.29, 0.717) is 0 Å². The van der Waals surface area contributed by atoms with Gasteiger partial charge < -0.3 is 10.3 Å². The van der Waals surface area contributed by atoms with E-state index < -0.39 is 0 Å². The van der Waals surface area contributed by atoms with Crippen LogP contribution in [0.1, 0.15) is 50.7 Å². The molecule has 0 radical (unpaired) electrons. The van der Waals surface area contributed by atoms with Gasteiger partial charge in [0.25, 0.3) is 0 Å². The second-order valence-electron chi connectivity index (χ2n) is 3.81. The van der Waals surface area contributed by atoms with Crippen molar-refractivity contribution in [1.29, 1.82) is 0 Å². The van der Waals surface area contributed by atoms with E-state index in [9.17, 15) is 0 Å². The molecular formula is C11H21N3O. The highest BCUT2D eigenvalue weighted by Crippen LogP contribution is 2.06. The van der Waals surface area contributed by atoms with Gasteiger partial charge in [0.15, 0.2) is 5.82 Å². The Morgan fingerprint density at radius 2 is 1.93 bits per heavy atom. The van der Waals surface area contributed by atoms with E-state index in [0.717, 1.165) is 50.4 Å². The fraction of sp³-hybridized carbons (Fsp3) is 0.818. The standard InChI is InChI=1S/C11H21N3O/c1-2-7-10-13-11(15-14-10)8-5-3-4-6-9-12/h2-9,12H2,1H3. The Morgan fingerprint density at radius 3 is 2.67 bits per heavy atom. The molecule has 1 aromatic heterocycles. The summed E-state index contributed by atoms with van der Waals surface area (Å²) in [7, 11) is 0. The predicted octanol–water partition coefficient (Wildman–Crippen LogP) is 2.08. The first kappa shape index (κ1) is 12.2. The summed E-state index contributed by atoms with van der Waals surface area (Å²) in [5, 5.41) is 3.91. The van der Waals surface area contributed by atoms with Crippen molar-refractivity contribution in [2.75, 3.05) is 6.54 Å². The van der Waals surface area contributed by atoms with Crippen LogP contribution in [0.4, 0.5) is 0 Å². The number of nitrogens with two attached hydrogens (primary N) is 1. The molecule has 0 aliphatic rings. The maximum absolute atomic E-state index is 5.42. The van der Waals surface area contributed by atoms with Crippen LogP contribution >= 0.6 is 0 Å². The van der Waals surface area contributed by atoms with Crippen molar-refractivity contribution in [3.8, 4) is 0 Å². The molecule has 0 atom stereocenters. The fourth-order valence-corrected chi connectivity index (χ4v) is 1.49. The molecule has 0 amide bonds. The molecule has 86 valence electrons. The SMILES string of the molecule is CCCc1noc(CCCCCCN)n1. The Bertz CT molecular complexity index is 260. The van der Waals surface area contributed by atoms with E-state index in [1.54, 1.807) is 0 Å². The lowest BCUT2D eigenvalue weighted by Crippen LogP contribution is -1.97. The quantitative estimate of drug-likeness (QED) is 0.669. The molecule has 0 spiro atoms.